The summed E-state index contributed by atoms with van der Waals surface area (Å²) in [5.74, 6) is 0.196. The van der Waals surface area contributed by atoms with E-state index in [4.69, 9.17) is 0 Å². The minimum Gasteiger partial charge on any atom is -0.389 e. The van der Waals surface area contributed by atoms with Crippen molar-refractivity contribution in [2.75, 3.05) is 13.6 Å². The Morgan fingerprint density at radius 1 is 1.24 bits per heavy atom. The third kappa shape index (κ3) is 4.30. The number of hydrogen-bond acceptors (Lipinski definition) is 2. The molecule has 3 nitrogen and oxygen atoms in total. The molecule has 0 saturated heterocycles. The van der Waals surface area contributed by atoms with Gasteiger partial charge in [0.1, 0.15) is 0 Å². The van der Waals surface area contributed by atoms with E-state index in [0.717, 1.165) is 25.7 Å². The molecule has 0 radical (unpaired) electrons. The second-order valence-corrected chi connectivity index (χ2v) is 6.45. The lowest BCUT2D eigenvalue weighted by atomic mass is 9.81. The van der Waals surface area contributed by atoms with Crippen LogP contribution in [0.4, 0.5) is 0 Å². The van der Waals surface area contributed by atoms with Crippen LogP contribution in [0.1, 0.15) is 59.3 Å². The molecular formula is C14H27NO2. The van der Waals surface area contributed by atoms with Gasteiger partial charge in [0.2, 0.25) is 5.91 Å². The van der Waals surface area contributed by atoms with Crippen LogP contribution in [0.5, 0.6) is 0 Å². The highest BCUT2D eigenvalue weighted by atomic mass is 16.3. The van der Waals surface area contributed by atoms with E-state index in [0.29, 0.717) is 6.54 Å². The van der Waals surface area contributed by atoms with Crippen molar-refractivity contribution in [2.24, 2.45) is 5.41 Å². The molecule has 0 spiro atoms. The maximum absolute atomic E-state index is 12.5. The lowest BCUT2D eigenvalue weighted by Crippen LogP contribution is -2.46. The molecule has 1 aliphatic rings. The minimum absolute atomic E-state index is 0.196. The Bertz CT molecular complexity index is 260. The molecule has 0 bridgehead atoms. The number of carbonyl (C=O) groups excluding carboxylic acids is 1. The predicted octanol–water partition coefficient (Wildman–Crippen LogP) is 2.58. The molecule has 1 rings (SSSR count). The third-order valence-electron chi connectivity index (χ3n) is 3.69. The Hall–Kier alpha value is -0.570. The first-order valence-corrected chi connectivity index (χ1v) is 6.73. The molecule has 1 N–H and O–H groups in total. The predicted molar refractivity (Wildman–Crippen MR) is 69.7 cm³/mol. The molecule has 1 aliphatic carbocycles. The second-order valence-electron chi connectivity index (χ2n) is 6.45. The van der Waals surface area contributed by atoms with Crippen molar-refractivity contribution in [1.29, 1.82) is 0 Å². The fourth-order valence-electron chi connectivity index (χ4n) is 2.84. The van der Waals surface area contributed by atoms with E-state index in [1.807, 2.05) is 0 Å². The zero-order chi connectivity index (χ0) is 13.1. The maximum Gasteiger partial charge on any atom is 0.228 e. The molecule has 0 aromatic carbocycles. The Morgan fingerprint density at radius 2 is 1.71 bits per heavy atom. The molecule has 1 fully saturated rings. The van der Waals surface area contributed by atoms with Gasteiger partial charge in [0.25, 0.3) is 0 Å². The summed E-state index contributed by atoms with van der Waals surface area (Å²) in [5.41, 5.74) is -1.03. The average molecular weight is 241 g/mol. The normalized spacial score (nSPS) is 20.8. The summed E-state index contributed by atoms with van der Waals surface area (Å²) in [6.07, 6.45) is 6.78. The zero-order valence-corrected chi connectivity index (χ0v) is 11.8. The van der Waals surface area contributed by atoms with Gasteiger partial charge in [-0.05, 0) is 26.7 Å². The summed E-state index contributed by atoms with van der Waals surface area (Å²) < 4.78 is 0. The van der Waals surface area contributed by atoms with Crippen molar-refractivity contribution in [3.8, 4) is 0 Å². The van der Waals surface area contributed by atoms with E-state index in [2.05, 4.69) is 6.92 Å². The van der Waals surface area contributed by atoms with Crippen molar-refractivity contribution in [2.45, 2.75) is 64.9 Å². The van der Waals surface area contributed by atoms with Gasteiger partial charge >= 0.3 is 0 Å². The first kappa shape index (κ1) is 14.5. The van der Waals surface area contributed by atoms with Crippen LogP contribution < -0.4 is 0 Å². The minimum atomic E-state index is -0.814. The van der Waals surface area contributed by atoms with Gasteiger partial charge in [-0.1, -0.05) is 32.6 Å². The van der Waals surface area contributed by atoms with Gasteiger partial charge in [0.05, 0.1) is 5.60 Å². The molecule has 17 heavy (non-hydrogen) atoms. The quantitative estimate of drug-likeness (QED) is 0.771. The molecule has 3 heteroatoms. The summed E-state index contributed by atoms with van der Waals surface area (Å²) in [5, 5.41) is 9.78. The fourth-order valence-corrected chi connectivity index (χ4v) is 2.84. The summed E-state index contributed by atoms with van der Waals surface area (Å²) in [7, 11) is 1.80. The molecule has 1 saturated carbocycles. The van der Waals surface area contributed by atoms with Gasteiger partial charge in [-0.2, -0.15) is 0 Å². The van der Waals surface area contributed by atoms with Gasteiger partial charge in [-0.25, -0.2) is 0 Å². The van der Waals surface area contributed by atoms with Crippen molar-refractivity contribution in [3.63, 3.8) is 0 Å². The van der Waals surface area contributed by atoms with Gasteiger partial charge in [-0.15, -0.1) is 0 Å². The van der Waals surface area contributed by atoms with E-state index in [9.17, 15) is 9.90 Å². The molecule has 0 heterocycles. The molecule has 0 aromatic heterocycles. The third-order valence-corrected chi connectivity index (χ3v) is 3.69. The van der Waals surface area contributed by atoms with E-state index in [1.54, 1.807) is 25.8 Å². The standard InChI is InChI=1S/C14H27NO2/c1-13(2,17)11-15(4)12(16)14(3)9-7-5-6-8-10-14/h17H,5-11H2,1-4H3. The van der Waals surface area contributed by atoms with E-state index in [-0.39, 0.29) is 11.3 Å². The fraction of sp³-hybridized carbons (Fsp3) is 0.929. The topological polar surface area (TPSA) is 40.5 Å². The largest absolute Gasteiger partial charge is 0.389 e. The van der Waals surface area contributed by atoms with Crippen LogP contribution in [0.25, 0.3) is 0 Å². The molecule has 0 aromatic rings. The number of carbonyl (C=O) groups is 1. The Morgan fingerprint density at radius 3 is 2.12 bits per heavy atom. The first-order valence-electron chi connectivity index (χ1n) is 6.73. The smallest absolute Gasteiger partial charge is 0.228 e. The summed E-state index contributed by atoms with van der Waals surface area (Å²) in [6, 6.07) is 0. The van der Waals surface area contributed by atoms with Crippen molar-refractivity contribution >= 4 is 5.91 Å². The number of hydrogen-bond donors (Lipinski definition) is 1. The Balaban J connectivity index is 2.66. The molecule has 0 unspecified atom stereocenters. The lowest BCUT2D eigenvalue weighted by Gasteiger charge is -2.34. The summed E-state index contributed by atoms with van der Waals surface area (Å²) in [6.45, 7) is 5.97. The molecule has 1 amide bonds. The molecule has 0 atom stereocenters. The first-order chi connectivity index (χ1) is 7.75. The monoisotopic (exact) mass is 241 g/mol. The number of nitrogens with zero attached hydrogens (tertiary/aromatic N) is 1. The van der Waals surface area contributed by atoms with E-state index >= 15 is 0 Å². The highest BCUT2D eigenvalue weighted by Gasteiger charge is 2.36. The molecular weight excluding hydrogens is 214 g/mol. The Labute approximate surface area is 105 Å². The van der Waals surface area contributed by atoms with Gasteiger partial charge in [-0.3, -0.25) is 4.79 Å². The zero-order valence-electron chi connectivity index (χ0n) is 11.8. The van der Waals surface area contributed by atoms with Crippen molar-refractivity contribution in [3.05, 3.63) is 0 Å². The van der Waals surface area contributed by atoms with Crippen LogP contribution in [-0.2, 0) is 4.79 Å². The second kappa shape index (κ2) is 5.38. The van der Waals surface area contributed by atoms with Crippen molar-refractivity contribution in [1.82, 2.24) is 4.90 Å². The van der Waals surface area contributed by atoms with E-state index < -0.39 is 5.60 Å². The summed E-state index contributed by atoms with van der Waals surface area (Å²) in [4.78, 5) is 14.2. The van der Waals surface area contributed by atoms with E-state index in [1.165, 1.54) is 12.8 Å². The van der Waals surface area contributed by atoms with Gasteiger partial charge in [0.15, 0.2) is 0 Å². The number of rotatable bonds is 3. The number of likely N-dealkylation sites (N-methyl/N-ethyl adjacent to an activating group) is 1. The highest BCUT2D eigenvalue weighted by molar-refractivity contribution is 5.82. The Kier molecular flexibility index (Phi) is 4.59. The summed E-state index contributed by atoms with van der Waals surface area (Å²) >= 11 is 0. The van der Waals surface area contributed by atoms with Crippen LogP contribution in [0.15, 0.2) is 0 Å². The maximum atomic E-state index is 12.5. The van der Waals surface area contributed by atoms with Crippen LogP contribution in [0.3, 0.4) is 0 Å². The number of amides is 1. The van der Waals surface area contributed by atoms with Gasteiger partial charge < -0.3 is 10.0 Å². The van der Waals surface area contributed by atoms with Crippen LogP contribution in [0.2, 0.25) is 0 Å². The van der Waals surface area contributed by atoms with Crippen LogP contribution in [0, 0.1) is 5.41 Å². The molecule has 0 aliphatic heterocycles. The number of aliphatic hydroxyl groups is 1. The van der Waals surface area contributed by atoms with Crippen LogP contribution in [-0.4, -0.2) is 35.1 Å². The lowest BCUT2D eigenvalue weighted by molar-refractivity contribution is -0.143. The average Bonchev–Trinajstić information content (AvgIpc) is 2.40. The van der Waals surface area contributed by atoms with Crippen LogP contribution >= 0.6 is 0 Å². The highest BCUT2D eigenvalue weighted by Crippen LogP contribution is 2.36. The van der Waals surface area contributed by atoms with Crippen molar-refractivity contribution < 1.29 is 9.90 Å². The SMILES string of the molecule is CN(CC(C)(C)O)C(=O)C1(C)CCCCCC1. The molecule has 100 valence electrons. The van der Waals surface area contributed by atoms with Gasteiger partial charge in [0, 0.05) is 19.0 Å².